The van der Waals surface area contributed by atoms with Gasteiger partial charge in [-0.05, 0) is 26.8 Å². The zero-order valence-electron chi connectivity index (χ0n) is 15.5. The highest BCUT2D eigenvalue weighted by Gasteiger charge is 2.19. The predicted octanol–water partition coefficient (Wildman–Crippen LogP) is 3.79. The van der Waals surface area contributed by atoms with Crippen LogP contribution in [0.15, 0.2) is 36.5 Å². The lowest BCUT2D eigenvalue weighted by atomic mass is 10.1. The first-order valence-corrected chi connectivity index (χ1v) is 8.62. The summed E-state index contributed by atoms with van der Waals surface area (Å²) < 4.78 is 12.1. The van der Waals surface area contributed by atoms with Gasteiger partial charge in [-0.15, -0.1) is 0 Å². The molecule has 0 radical (unpaired) electrons. The van der Waals surface area contributed by atoms with Crippen LogP contribution in [0.25, 0.3) is 22.3 Å². The van der Waals surface area contributed by atoms with Gasteiger partial charge in [-0.2, -0.15) is 5.10 Å². The molecule has 0 spiro atoms. The minimum absolute atomic E-state index is 0.130. The van der Waals surface area contributed by atoms with Crippen molar-refractivity contribution < 1.29 is 14.3 Å². The Balaban J connectivity index is 2.12. The second-order valence-electron chi connectivity index (χ2n) is 6.47. The Morgan fingerprint density at radius 2 is 1.92 bits per heavy atom. The molecule has 26 heavy (non-hydrogen) atoms. The van der Waals surface area contributed by atoms with Gasteiger partial charge in [0.1, 0.15) is 6.61 Å². The monoisotopic (exact) mass is 353 g/mol. The lowest BCUT2D eigenvalue weighted by Gasteiger charge is -2.11. The van der Waals surface area contributed by atoms with Crippen molar-refractivity contribution in [2.24, 2.45) is 0 Å². The van der Waals surface area contributed by atoms with E-state index in [1.807, 2.05) is 49.7 Å². The smallest absolute Gasteiger partial charge is 0.339 e. The average Bonchev–Trinajstić information content (AvgIpc) is 3.06. The Labute approximate surface area is 152 Å². The van der Waals surface area contributed by atoms with Crippen molar-refractivity contribution in [3.63, 3.8) is 0 Å². The molecule has 0 fully saturated rings. The van der Waals surface area contributed by atoms with Gasteiger partial charge < -0.3 is 9.47 Å². The first-order valence-electron chi connectivity index (χ1n) is 8.62. The van der Waals surface area contributed by atoms with Crippen molar-refractivity contribution in [1.29, 1.82) is 0 Å². The summed E-state index contributed by atoms with van der Waals surface area (Å²) >= 11 is 0. The van der Waals surface area contributed by atoms with Crippen LogP contribution in [0.2, 0.25) is 0 Å². The van der Waals surface area contributed by atoms with Gasteiger partial charge >= 0.3 is 5.97 Å². The molecule has 0 atom stereocenters. The minimum Gasteiger partial charge on any atom is -0.460 e. The summed E-state index contributed by atoms with van der Waals surface area (Å²) in [6, 6.07) is 9.95. The summed E-state index contributed by atoms with van der Waals surface area (Å²) in [6.07, 6.45) is 1.67. The van der Waals surface area contributed by atoms with E-state index in [1.54, 1.807) is 19.4 Å². The molecule has 0 amide bonds. The highest BCUT2D eigenvalue weighted by Crippen LogP contribution is 2.27. The standard InChI is InChI=1S/C20H23N3O3/c1-13(2)23-19-17(12-21-23)16(20(24)26-10-9-25-4)11-18(22-19)15-7-5-14(3)6-8-15/h5-8,11-13H,9-10H2,1-4H3. The SMILES string of the molecule is COCCOC(=O)c1cc(-c2ccc(C)cc2)nc2c1cnn2C(C)C. The van der Waals surface area contributed by atoms with Gasteiger partial charge in [0.05, 0.1) is 29.4 Å². The number of aryl methyl sites for hydroxylation is 1. The normalized spacial score (nSPS) is 11.3. The zero-order valence-corrected chi connectivity index (χ0v) is 15.5. The lowest BCUT2D eigenvalue weighted by molar-refractivity contribution is 0.0390. The topological polar surface area (TPSA) is 66.2 Å². The van der Waals surface area contributed by atoms with Crippen LogP contribution in [-0.4, -0.2) is 41.1 Å². The summed E-state index contributed by atoms with van der Waals surface area (Å²) in [7, 11) is 1.57. The van der Waals surface area contributed by atoms with Crippen molar-refractivity contribution in [3.05, 3.63) is 47.7 Å². The molecule has 1 aromatic carbocycles. The van der Waals surface area contributed by atoms with Crippen LogP contribution in [0, 0.1) is 6.92 Å². The number of fused-ring (bicyclic) bond motifs is 1. The van der Waals surface area contributed by atoms with Gasteiger partial charge in [0.15, 0.2) is 5.65 Å². The molecule has 6 nitrogen and oxygen atoms in total. The minimum atomic E-state index is -0.397. The van der Waals surface area contributed by atoms with Gasteiger partial charge in [-0.1, -0.05) is 29.8 Å². The summed E-state index contributed by atoms with van der Waals surface area (Å²) in [5.41, 5.74) is 3.98. The number of aromatic nitrogens is 3. The zero-order chi connectivity index (χ0) is 18.7. The Morgan fingerprint density at radius 1 is 1.19 bits per heavy atom. The third-order valence-electron chi connectivity index (χ3n) is 4.14. The van der Waals surface area contributed by atoms with E-state index in [-0.39, 0.29) is 12.6 Å². The number of carbonyl (C=O) groups is 1. The summed E-state index contributed by atoms with van der Waals surface area (Å²) in [4.78, 5) is 17.4. The largest absolute Gasteiger partial charge is 0.460 e. The molecule has 6 heteroatoms. The van der Waals surface area contributed by atoms with Crippen LogP contribution in [0.5, 0.6) is 0 Å². The molecule has 0 N–H and O–H groups in total. The fourth-order valence-electron chi connectivity index (χ4n) is 2.73. The molecule has 0 aliphatic rings. The molecule has 0 unspecified atom stereocenters. The number of ether oxygens (including phenoxy) is 2. The molecule has 0 saturated carbocycles. The number of benzene rings is 1. The van der Waals surface area contributed by atoms with Crippen molar-refractivity contribution in [3.8, 4) is 11.3 Å². The van der Waals surface area contributed by atoms with Gasteiger partial charge in [0.25, 0.3) is 0 Å². The molecule has 2 aromatic heterocycles. The second-order valence-corrected chi connectivity index (χ2v) is 6.47. The van der Waals surface area contributed by atoms with Gasteiger partial charge in [0.2, 0.25) is 0 Å². The molecule has 2 heterocycles. The first-order chi connectivity index (χ1) is 12.5. The lowest BCUT2D eigenvalue weighted by Crippen LogP contribution is -2.11. The number of nitrogens with zero attached hydrogens (tertiary/aromatic N) is 3. The Morgan fingerprint density at radius 3 is 2.58 bits per heavy atom. The summed E-state index contributed by atoms with van der Waals surface area (Å²) in [6.45, 7) is 6.66. The number of rotatable bonds is 6. The maximum atomic E-state index is 12.6. The average molecular weight is 353 g/mol. The highest BCUT2D eigenvalue weighted by atomic mass is 16.6. The van der Waals surface area contributed by atoms with E-state index >= 15 is 0 Å². The molecule has 3 rings (SSSR count). The van der Waals surface area contributed by atoms with Crippen LogP contribution in [0.3, 0.4) is 0 Å². The van der Waals surface area contributed by atoms with Crippen molar-refractivity contribution in [2.45, 2.75) is 26.8 Å². The van der Waals surface area contributed by atoms with E-state index in [0.29, 0.717) is 23.2 Å². The maximum Gasteiger partial charge on any atom is 0.339 e. The Kier molecular flexibility index (Phi) is 5.32. The van der Waals surface area contributed by atoms with Crippen LogP contribution in [-0.2, 0) is 9.47 Å². The van der Waals surface area contributed by atoms with Crippen LogP contribution < -0.4 is 0 Å². The van der Waals surface area contributed by atoms with E-state index in [4.69, 9.17) is 14.5 Å². The van der Waals surface area contributed by atoms with E-state index in [9.17, 15) is 4.79 Å². The summed E-state index contributed by atoms with van der Waals surface area (Å²) in [5.74, 6) is -0.397. The molecule has 0 bridgehead atoms. The highest BCUT2D eigenvalue weighted by molar-refractivity contribution is 6.03. The number of methoxy groups -OCH3 is 1. The maximum absolute atomic E-state index is 12.6. The molecule has 0 aliphatic heterocycles. The number of esters is 1. The quantitative estimate of drug-likeness (QED) is 0.498. The van der Waals surface area contributed by atoms with Crippen LogP contribution in [0.1, 0.15) is 35.8 Å². The predicted molar refractivity (Wildman–Crippen MR) is 100 cm³/mol. The van der Waals surface area contributed by atoms with Gasteiger partial charge in [0, 0.05) is 18.7 Å². The summed E-state index contributed by atoms with van der Waals surface area (Å²) in [5, 5.41) is 5.10. The van der Waals surface area contributed by atoms with E-state index in [2.05, 4.69) is 5.10 Å². The number of carbonyl (C=O) groups excluding carboxylic acids is 1. The number of hydrogen-bond donors (Lipinski definition) is 0. The first kappa shape index (κ1) is 18.1. The molecule has 0 aliphatic carbocycles. The molecule has 136 valence electrons. The molecule has 3 aromatic rings. The van der Waals surface area contributed by atoms with Crippen molar-refractivity contribution in [2.75, 3.05) is 20.3 Å². The van der Waals surface area contributed by atoms with Crippen molar-refractivity contribution in [1.82, 2.24) is 14.8 Å². The van der Waals surface area contributed by atoms with Gasteiger partial charge in [-0.25, -0.2) is 14.5 Å². The third-order valence-corrected chi connectivity index (χ3v) is 4.14. The Hall–Kier alpha value is -2.73. The van der Waals surface area contributed by atoms with Crippen molar-refractivity contribution >= 4 is 17.0 Å². The van der Waals surface area contributed by atoms with E-state index in [1.165, 1.54) is 5.56 Å². The van der Waals surface area contributed by atoms with E-state index in [0.717, 1.165) is 11.3 Å². The molecule has 0 saturated heterocycles. The van der Waals surface area contributed by atoms with Crippen LogP contribution in [0.4, 0.5) is 0 Å². The third kappa shape index (κ3) is 3.60. The number of pyridine rings is 1. The van der Waals surface area contributed by atoms with E-state index < -0.39 is 5.97 Å². The fourth-order valence-corrected chi connectivity index (χ4v) is 2.73. The number of hydrogen-bond acceptors (Lipinski definition) is 5. The van der Waals surface area contributed by atoms with Gasteiger partial charge in [-0.3, -0.25) is 0 Å². The van der Waals surface area contributed by atoms with Crippen LogP contribution >= 0.6 is 0 Å². The Bertz CT molecular complexity index is 914. The molecular weight excluding hydrogens is 330 g/mol. The fraction of sp³-hybridized carbons (Fsp3) is 0.350. The second kappa shape index (κ2) is 7.66. The molecular formula is C20H23N3O3.